The summed E-state index contributed by atoms with van der Waals surface area (Å²) in [6.45, 7) is 1.89. The normalized spacial score (nSPS) is 10.2. The standard InChI is InChI=1S/C14H12ClNO3/c1-8-2-4-12(11(15)6-8)16-14(19)10-7-9(17)3-5-13(10)18/h2-7,17-18H,1H3,(H,16,19). The lowest BCUT2D eigenvalue weighted by atomic mass is 10.1. The molecule has 1 amide bonds. The van der Waals surface area contributed by atoms with E-state index in [4.69, 9.17) is 11.6 Å². The van der Waals surface area contributed by atoms with Gasteiger partial charge >= 0.3 is 0 Å². The molecular weight excluding hydrogens is 266 g/mol. The maximum absolute atomic E-state index is 12.0. The molecular formula is C14H12ClNO3. The quantitative estimate of drug-likeness (QED) is 0.738. The number of rotatable bonds is 2. The van der Waals surface area contributed by atoms with Gasteiger partial charge < -0.3 is 15.5 Å². The van der Waals surface area contributed by atoms with Crippen molar-refractivity contribution in [2.45, 2.75) is 6.92 Å². The van der Waals surface area contributed by atoms with Crippen molar-refractivity contribution in [1.29, 1.82) is 0 Å². The van der Waals surface area contributed by atoms with Crippen LogP contribution in [0.25, 0.3) is 0 Å². The van der Waals surface area contributed by atoms with Gasteiger partial charge in [0.05, 0.1) is 16.3 Å². The Morgan fingerprint density at radius 3 is 2.58 bits per heavy atom. The second-order valence-corrected chi connectivity index (χ2v) is 4.55. The highest BCUT2D eigenvalue weighted by molar-refractivity contribution is 6.34. The van der Waals surface area contributed by atoms with E-state index >= 15 is 0 Å². The number of aromatic hydroxyl groups is 2. The Bertz CT molecular complexity index is 641. The van der Waals surface area contributed by atoms with Gasteiger partial charge in [-0.25, -0.2) is 0 Å². The number of aryl methyl sites for hydroxylation is 1. The number of halogens is 1. The number of hydrogen-bond donors (Lipinski definition) is 3. The minimum absolute atomic E-state index is 0.0170. The van der Waals surface area contributed by atoms with E-state index in [2.05, 4.69) is 5.32 Å². The summed E-state index contributed by atoms with van der Waals surface area (Å²) in [6, 6.07) is 8.94. The van der Waals surface area contributed by atoms with E-state index in [1.54, 1.807) is 12.1 Å². The number of hydrogen-bond acceptors (Lipinski definition) is 3. The average Bonchev–Trinajstić information content (AvgIpc) is 2.35. The molecule has 0 aliphatic carbocycles. The third-order valence-corrected chi connectivity index (χ3v) is 2.91. The maximum atomic E-state index is 12.0. The van der Waals surface area contributed by atoms with Crippen molar-refractivity contribution < 1.29 is 15.0 Å². The molecule has 3 N–H and O–H groups in total. The van der Waals surface area contributed by atoms with Crippen molar-refractivity contribution in [3.8, 4) is 11.5 Å². The Kier molecular flexibility index (Phi) is 3.62. The highest BCUT2D eigenvalue weighted by Crippen LogP contribution is 2.26. The van der Waals surface area contributed by atoms with Gasteiger partial charge in [-0.05, 0) is 42.8 Å². The summed E-state index contributed by atoms with van der Waals surface area (Å²) >= 11 is 6.01. The van der Waals surface area contributed by atoms with E-state index in [-0.39, 0.29) is 17.1 Å². The Balaban J connectivity index is 2.28. The van der Waals surface area contributed by atoms with Crippen molar-refractivity contribution >= 4 is 23.2 Å². The van der Waals surface area contributed by atoms with Crippen LogP contribution in [0.4, 0.5) is 5.69 Å². The average molecular weight is 278 g/mol. The number of amides is 1. The number of phenolic OH excluding ortho intramolecular Hbond substituents is 2. The van der Waals surface area contributed by atoms with Crippen LogP contribution in [0.1, 0.15) is 15.9 Å². The van der Waals surface area contributed by atoms with Gasteiger partial charge in [-0.1, -0.05) is 17.7 Å². The number of carbonyl (C=O) groups excluding carboxylic acids is 1. The third kappa shape index (κ3) is 2.98. The van der Waals surface area contributed by atoms with E-state index in [0.717, 1.165) is 5.56 Å². The van der Waals surface area contributed by atoms with Crippen molar-refractivity contribution in [3.05, 3.63) is 52.5 Å². The predicted octanol–water partition coefficient (Wildman–Crippen LogP) is 3.31. The molecule has 19 heavy (non-hydrogen) atoms. The molecule has 0 aromatic heterocycles. The first-order valence-electron chi connectivity index (χ1n) is 5.57. The zero-order chi connectivity index (χ0) is 14.0. The second kappa shape index (κ2) is 5.20. The molecule has 0 saturated heterocycles. The van der Waals surface area contributed by atoms with Crippen LogP contribution >= 0.6 is 11.6 Å². The Morgan fingerprint density at radius 1 is 1.16 bits per heavy atom. The molecule has 5 heteroatoms. The van der Waals surface area contributed by atoms with Gasteiger partial charge in [0, 0.05) is 0 Å². The topological polar surface area (TPSA) is 69.6 Å². The number of phenols is 2. The summed E-state index contributed by atoms with van der Waals surface area (Å²) in [4.78, 5) is 12.0. The van der Waals surface area contributed by atoms with Crippen molar-refractivity contribution in [2.24, 2.45) is 0 Å². The molecule has 0 radical (unpaired) electrons. The first-order chi connectivity index (χ1) is 8.97. The fourth-order valence-electron chi connectivity index (χ4n) is 1.62. The first kappa shape index (κ1) is 13.2. The molecule has 0 aliphatic heterocycles. The fourth-order valence-corrected chi connectivity index (χ4v) is 1.90. The van der Waals surface area contributed by atoms with Crippen molar-refractivity contribution in [2.75, 3.05) is 5.32 Å². The molecule has 0 saturated carbocycles. The molecule has 2 rings (SSSR count). The van der Waals surface area contributed by atoms with Crippen molar-refractivity contribution in [1.82, 2.24) is 0 Å². The molecule has 0 bridgehead atoms. The summed E-state index contributed by atoms with van der Waals surface area (Å²) in [6.07, 6.45) is 0. The molecule has 98 valence electrons. The highest BCUT2D eigenvalue weighted by atomic mass is 35.5. The Morgan fingerprint density at radius 2 is 1.89 bits per heavy atom. The van der Waals surface area contributed by atoms with Crippen LogP contribution in [0.15, 0.2) is 36.4 Å². The molecule has 2 aromatic rings. The minimum atomic E-state index is -0.542. The van der Waals surface area contributed by atoms with E-state index in [1.807, 2.05) is 13.0 Å². The molecule has 0 heterocycles. The van der Waals surface area contributed by atoms with Crippen LogP contribution in [-0.4, -0.2) is 16.1 Å². The van der Waals surface area contributed by atoms with Gasteiger partial charge in [0.15, 0.2) is 0 Å². The zero-order valence-electron chi connectivity index (χ0n) is 10.1. The lowest BCUT2D eigenvalue weighted by molar-refractivity contribution is 0.102. The molecule has 0 unspecified atom stereocenters. The van der Waals surface area contributed by atoms with Crippen LogP contribution < -0.4 is 5.32 Å². The number of carbonyl (C=O) groups is 1. The second-order valence-electron chi connectivity index (χ2n) is 4.14. The van der Waals surface area contributed by atoms with Gasteiger partial charge in [0.1, 0.15) is 11.5 Å². The van der Waals surface area contributed by atoms with Gasteiger partial charge in [-0.3, -0.25) is 4.79 Å². The van der Waals surface area contributed by atoms with Crippen LogP contribution in [0.3, 0.4) is 0 Å². The molecule has 0 fully saturated rings. The molecule has 0 spiro atoms. The Labute approximate surface area is 115 Å². The SMILES string of the molecule is Cc1ccc(NC(=O)c2cc(O)ccc2O)c(Cl)c1. The van der Waals surface area contributed by atoms with E-state index in [0.29, 0.717) is 10.7 Å². The molecule has 4 nitrogen and oxygen atoms in total. The fraction of sp³-hybridized carbons (Fsp3) is 0.0714. The van der Waals surface area contributed by atoms with Gasteiger partial charge in [-0.2, -0.15) is 0 Å². The number of anilines is 1. The smallest absolute Gasteiger partial charge is 0.259 e. The summed E-state index contributed by atoms with van der Waals surface area (Å²) in [7, 11) is 0. The van der Waals surface area contributed by atoms with Gasteiger partial charge in [0.2, 0.25) is 0 Å². The van der Waals surface area contributed by atoms with Crippen LogP contribution in [0.5, 0.6) is 11.5 Å². The van der Waals surface area contributed by atoms with Crippen LogP contribution in [-0.2, 0) is 0 Å². The Hall–Kier alpha value is -2.20. The van der Waals surface area contributed by atoms with Crippen LogP contribution in [0.2, 0.25) is 5.02 Å². The summed E-state index contributed by atoms with van der Waals surface area (Å²) < 4.78 is 0. The third-order valence-electron chi connectivity index (χ3n) is 2.60. The largest absolute Gasteiger partial charge is 0.508 e. The van der Waals surface area contributed by atoms with Crippen LogP contribution in [0, 0.1) is 6.92 Å². The molecule has 0 aliphatic rings. The van der Waals surface area contributed by atoms with Gasteiger partial charge in [0.25, 0.3) is 5.91 Å². The molecule has 0 atom stereocenters. The number of nitrogens with one attached hydrogen (secondary N) is 1. The lowest BCUT2D eigenvalue weighted by Crippen LogP contribution is -2.12. The monoisotopic (exact) mass is 277 g/mol. The summed E-state index contributed by atoms with van der Waals surface area (Å²) in [5, 5.41) is 21.9. The summed E-state index contributed by atoms with van der Waals surface area (Å²) in [5.41, 5.74) is 1.40. The van der Waals surface area contributed by atoms with Gasteiger partial charge in [-0.15, -0.1) is 0 Å². The van der Waals surface area contributed by atoms with E-state index < -0.39 is 5.91 Å². The minimum Gasteiger partial charge on any atom is -0.508 e. The predicted molar refractivity (Wildman–Crippen MR) is 73.9 cm³/mol. The summed E-state index contributed by atoms with van der Waals surface area (Å²) in [5.74, 6) is -0.851. The zero-order valence-corrected chi connectivity index (χ0v) is 10.9. The first-order valence-corrected chi connectivity index (χ1v) is 5.94. The molecule has 2 aromatic carbocycles. The van der Waals surface area contributed by atoms with E-state index in [9.17, 15) is 15.0 Å². The maximum Gasteiger partial charge on any atom is 0.259 e. The highest BCUT2D eigenvalue weighted by Gasteiger charge is 2.13. The number of benzene rings is 2. The van der Waals surface area contributed by atoms with E-state index in [1.165, 1.54) is 18.2 Å². The lowest BCUT2D eigenvalue weighted by Gasteiger charge is -2.09. The van der Waals surface area contributed by atoms with Crippen molar-refractivity contribution in [3.63, 3.8) is 0 Å².